The van der Waals surface area contributed by atoms with Gasteiger partial charge >= 0.3 is 0 Å². The zero-order valence-corrected chi connectivity index (χ0v) is 16.6. The molecule has 6 heteroatoms. The summed E-state index contributed by atoms with van der Waals surface area (Å²) in [5.74, 6) is 1.81. The first-order chi connectivity index (χ1) is 14.3. The van der Waals surface area contributed by atoms with Crippen LogP contribution in [0.1, 0.15) is 54.9 Å². The lowest BCUT2D eigenvalue weighted by molar-refractivity contribution is 0.0710. The topological polar surface area (TPSA) is 68.5 Å². The lowest BCUT2D eigenvalue weighted by atomic mass is 10.1. The maximum Gasteiger partial charge on any atom is 0.254 e. The van der Waals surface area contributed by atoms with Crippen molar-refractivity contribution in [2.45, 2.75) is 38.6 Å². The van der Waals surface area contributed by atoms with Gasteiger partial charge in [-0.3, -0.25) is 4.79 Å². The zero-order chi connectivity index (χ0) is 20.1. The molecule has 0 bridgehead atoms. The number of carbonyl (C=O) groups is 1. The van der Waals surface area contributed by atoms with Gasteiger partial charge < -0.3 is 14.2 Å². The van der Waals surface area contributed by atoms with Crippen molar-refractivity contribution in [3.05, 3.63) is 66.1 Å². The van der Waals surface area contributed by atoms with E-state index in [1.54, 1.807) is 0 Å². The second-order valence-electron chi connectivity index (χ2n) is 7.21. The number of hydrogen-bond acceptors (Lipinski definition) is 5. The Balaban J connectivity index is 1.47. The first-order valence-corrected chi connectivity index (χ1v) is 10.2. The Hall–Kier alpha value is -3.15. The molecule has 1 fully saturated rings. The Morgan fingerprint density at radius 1 is 1.17 bits per heavy atom. The number of carbonyl (C=O) groups excluding carboxylic acids is 1. The molecule has 0 radical (unpaired) electrons. The van der Waals surface area contributed by atoms with E-state index in [9.17, 15) is 4.79 Å². The van der Waals surface area contributed by atoms with Crippen molar-refractivity contribution in [3.63, 3.8) is 0 Å². The summed E-state index contributed by atoms with van der Waals surface area (Å²) in [6, 6.07) is 16.9. The van der Waals surface area contributed by atoms with Crippen molar-refractivity contribution in [1.82, 2.24) is 15.0 Å². The Morgan fingerprint density at radius 2 is 1.97 bits per heavy atom. The van der Waals surface area contributed by atoms with E-state index in [2.05, 4.69) is 17.1 Å². The molecule has 0 spiro atoms. The van der Waals surface area contributed by atoms with E-state index in [4.69, 9.17) is 9.26 Å². The van der Waals surface area contributed by atoms with Gasteiger partial charge in [-0.2, -0.15) is 4.98 Å². The SMILES string of the molecule is CCCCOc1ccc(C(=O)N2CCC[C@H]2c2nc(-c3ccccc3)no2)cc1. The minimum atomic E-state index is -0.187. The highest BCUT2D eigenvalue weighted by Gasteiger charge is 2.34. The van der Waals surface area contributed by atoms with Crippen LogP contribution in [0.4, 0.5) is 0 Å². The van der Waals surface area contributed by atoms with Gasteiger partial charge in [0, 0.05) is 17.7 Å². The zero-order valence-electron chi connectivity index (χ0n) is 16.6. The number of rotatable bonds is 7. The van der Waals surface area contributed by atoms with E-state index in [1.807, 2.05) is 59.5 Å². The summed E-state index contributed by atoms with van der Waals surface area (Å²) in [5, 5.41) is 4.10. The standard InChI is InChI=1S/C23H25N3O3/c1-2-3-16-28-19-13-11-18(12-14-19)23(27)26-15-7-10-20(26)22-24-21(25-29-22)17-8-5-4-6-9-17/h4-6,8-9,11-14,20H,2-3,7,10,15-16H2,1H3/t20-/m0/s1. The third-order valence-corrected chi connectivity index (χ3v) is 5.14. The van der Waals surface area contributed by atoms with Gasteiger partial charge in [0.05, 0.1) is 6.61 Å². The fourth-order valence-corrected chi connectivity index (χ4v) is 3.54. The number of amides is 1. The summed E-state index contributed by atoms with van der Waals surface area (Å²) >= 11 is 0. The third kappa shape index (κ3) is 4.31. The molecule has 2 aromatic carbocycles. The number of unbranched alkanes of at least 4 members (excludes halogenated alkanes) is 1. The Labute approximate surface area is 170 Å². The molecule has 6 nitrogen and oxygen atoms in total. The molecule has 1 aliphatic rings. The highest BCUT2D eigenvalue weighted by Crippen LogP contribution is 2.33. The smallest absolute Gasteiger partial charge is 0.254 e. The van der Waals surface area contributed by atoms with E-state index in [0.29, 0.717) is 30.4 Å². The maximum absolute atomic E-state index is 13.1. The molecule has 1 amide bonds. The van der Waals surface area contributed by atoms with E-state index in [-0.39, 0.29) is 11.9 Å². The van der Waals surface area contributed by atoms with Crippen LogP contribution in [0.5, 0.6) is 5.75 Å². The van der Waals surface area contributed by atoms with Crippen molar-refractivity contribution in [2.75, 3.05) is 13.2 Å². The van der Waals surface area contributed by atoms with Crippen LogP contribution < -0.4 is 4.74 Å². The predicted octanol–water partition coefficient (Wildman–Crippen LogP) is 4.89. The average molecular weight is 391 g/mol. The molecule has 0 unspecified atom stereocenters. The van der Waals surface area contributed by atoms with Crippen LogP contribution in [-0.2, 0) is 0 Å². The molecule has 3 aromatic rings. The van der Waals surface area contributed by atoms with Crippen LogP contribution in [0, 0.1) is 0 Å². The molecular formula is C23H25N3O3. The fourth-order valence-electron chi connectivity index (χ4n) is 3.54. The van der Waals surface area contributed by atoms with Crippen LogP contribution in [0.2, 0.25) is 0 Å². The van der Waals surface area contributed by atoms with Gasteiger partial charge in [0.25, 0.3) is 5.91 Å². The molecule has 1 atom stereocenters. The highest BCUT2D eigenvalue weighted by molar-refractivity contribution is 5.94. The number of hydrogen-bond donors (Lipinski definition) is 0. The lowest BCUT2D eigenvalue weighted by Crippen LogP contribution is -2.30. The van der Waals surface area contributed by atoms with Crippen LogP contribution >= 0.6 is 0 Å². The Morgan fingerprint density at radius 3 is 2.72 bits per heavy atom. The Kier molecular flexibility index (Phi) is 5.89. The van der Waals surface area contributed by atoms with Crippen LogP contribution in [0.15, 0.2) is 59.1 Å². The van der Waals surface area contributed by atoms with Crippen molar-refractivity contribution in [2.24, 2.45) is 0 Å². The summed E-state index contributed by atoms with van der Waals surface area (Å²) in [7, 11) is 0. The second kappa shape index (κ2) is 8.90. The van der Waals surface area contributed by atoms with E-state index in [1.165, 1.54) is 0 Å². The molecule has 4 rings (SSSR count). The molecular weight excluding hydrogens is 366 g/mol. The minimum absolute atomic E-state index is 0.0212. The van der Waals surface area contributed by atoms with Gasteiger partial charge in [0.2, 0.25) is 11.7 Å². The summed E-state index contributed by atoms with van der Waals surface area (Å²) < 4.78 is 11.2. The van der Waals surface area contributed by atoms with Gasteiger partial charge in [-0.1, -0.05) is 48.8 Å². The second-order valence-corrected chi connectivity index (χ2v) is 7.21. The summed E-state index contributed by atoms with van der Waals surface area (Å²) in [5.41, 5.74) is 1.54. The van der Waals surface area contributed by atoms with Crippen molar-refractivity contribution < 1.29 is 14.1 Å². The summed E-state index contributed by atoms with van der Waals surface area (Å²) in [6.07, 6.45) is 3.85. The number of nitrogens with zero attached hydrogens (tertiary/aromatic N) is 3. The Bertz CT molecular complexity index is 938. The van der Waals surface area contributed by atoms with E-state index in [0.717, 1.165) is 37.0 Å². The number of ether oxygens (including phenoxy) is 1. The molecule has 150 valence electrons. The number of benzene rings is 2. The molecule has 0 saturated carbocycles. The van der Waals surface area contributed by atoms with Gasteiger partial charge in [-0.05, 0) is 43.5 Å². The highest BCUT2D eigenvalue weighted by atomic mass is 16.5. The van der Waals surface area contributed by atoms with E-state index >= 15 is 0 Å². The van der Waals surface area contributed by atoms with E-state index < -0.39 is 0 Å². The van der Waals surface area contributed by atoms with Gasteiger partial charge in [-0.15, -0.1) is 0 Å². The van der Waals surface area contributed by atoms with Gasteiger partial charge in [0.15, 0.2) is 0 Å². The first-order valence-electron chi connectivity index (χ1n) is 10.2. The summed E-state index contributed by atoms with van der Waals surface area (Å²) in [6.45, 7) is 3.50. The fraction of sp³-hybridized carbons (Fsp3) is 0.348. The largest absolute Gasteiger partial charge is 0.494 e. The van der Waals surface area contributed by atoms with Crippen molar-refractivity contribution >= 4 is 5.91 Å². The predicted molar refractivity (Wildman–Crippen MR) is 110 cm³/mol. The quantitative estimate of drug-likeness (QED) is 0.536. The third-order valence-electron chi connectivity index (χ3n) is 5.14. The van der Waals surface area contributed by atoms with Gasteiger partial charge in [-0.25, -0.2) is 0 Å². The first kappa shape index (κ1) is 19.2. The van der Waals surface area contributed by atoms with Crippen molar-refractivity contribution in [3.8, 4) is 17.1 Å². The molecule has 29 heavy (non-hydrogen) atoms. The average Bonchev–Trinajstić information content (AvgIpc) is 3.44. The molecule has 1 saturated heterocycles. The van der Waals surface area contributed by atoms with Crippen molar-refractivity contribution in [1.29, 1.82) is 0 Å². The molecule has 1 aromatic heterocycles. The molecule has 0 N–H and O–H groups in total. The minimum Gasteiger partial charge on any atom is -0.494 e. The van der Waals surface area contributed by atoms with Crippen LogP contribution in [-0.4, -0.2) is 34.1 Å². The van der Waals surface area contributed by atoms with Crippen LogP contribution in [0.25, 0.3) is 11.4 Å². The number of aromatic nitrogens is 2. The van der Waals surface area contributed by atoms with Gasteiger partial charge in [0.1, 0.15) is 11.8 Å². The molecule has 1 aliphatic heterocycles. The molecule has 0 aliphatic carbocycles. The normalized spacial score (nSPS) is 16.2. The monoisotopic (exact) mass is 391 g/mol. The summed E-state index contributed by atoms with van der Waals surface area (Å²) in [4.78, 5) is 19.5. The number of likely N-dealkylation sites (tertiary alicyclic amines) is 1. The maximum atomic E-state index is 13.1. The molecule has 2 heterocycles. The lowest BCUT2D eigenvalue weighted by Gasteiger charge is -2.22. The van der Waals surface area contributed by atoms with Crippen LogP contribution in [0.3, 0.4) is 0 Å².